The Morgan fingerprint density at radius 1 is 1.41 bits per heavy atom. The van der Waals surface area contributed by atoms with Crippen molar-refractivity contribution in [1.82, 2.24) is 4.72 Å². The molecule has 0 radical (unpaired) electrons. The number of hydrogen-bond donors (Lipinski definition) is 2. The number of benzene rings is 1. The minimum atomic E-state index is -3.91. The van der Waals surface area contributed by atoms with Crippen molar-refractivity contribution < 1.29 is 23.1 Å². The van der Waals surface area contributed by atoms with E-state index in [0.717, 1.165) is 0 Å². The SMILES string of the molecule is COc1ccc(Cl)cc1S(=O)(=O)NCC(CC(C)C)C(=O)O. The van der Waals surface area contributed by atoms with E-state index >= 15 is 0 Å². The Morgan fingerprint density at radius 3 is 2.55 bits per heavy atom. The van der Waals surface area contributed by atoms with Gasteiger partial charge in [-0.05, 0) is 30.5 Å². The zero-order chi connectivity index (χ0) is 16.9. The van der Waals surface area contributed by atoms with Crippen LogP contribution >= 0.6 is 11.6 Å². The molecule has 0 aromatic heterocycles. The van der Waals surface area contributed by atoms with Gasteiger partial charge in [-0.3, -0.25) is 4.79 Å². The van der Waals surface area contributed by atoms with Crippen LogP contribution in [0.1, 0.15) is 20.3 Å². The molecule has 1 atom stereocenters. The van der Waals surface area contributed by atoms with Crippen molar-refractivity contribution in [2.45, 2.75) is 25.2 Å². The van der Waals surface area contributed by atoms with Crippen LogP contribution in [0.2, 0.25) is 5.02 Å². The Labute approximate surface area is 135 Å². The molecule has 0 heterocycles. The predicted octanol–water partition coefficient (Wildman–Crippen LogP) is 2.37. The molecule has 1 aromatic rings. The van der Waals surface area contributed by atoms with Gasteiger partial charge in [0, 0.05) is 11.6 Å². The van der Waals surface area contributed by atoms with Gasteiger partial charge >= 0.3 is 5.97 Å². The van der Waals surface area contributed by atoms with E-state index in [2.05, 4.69) is 4.72 Å². The Kier molecular flexibility index (Phi) is 6.65. The number of nitrogens with one attached hydrogen (secondary N) is 1. The number of aliphatic carboxylic acids is 1. The van der Waals surface area contributed by atoms with E-state index in [1.807, 2.05) is 13.8 Å². The van der Waals surface area contributed by atoms with Gasteiger partial charge in [0.2, 0.25) is 10.0 Å². The third-order valence-corrected chi connectivity index (χ3v) is 4.72. The molecule has 8 heteroatoms. The molecular weight excluding hydrogens is 330 g/mol. The third kappa shape index (κ3) is 5.15. The van der Waals surface area contributed by atoms with Gasteiger partial charge in [0.15, 0.2) is 0 Å². The average molecular weight is 350 g/mol. The van der Waals surface area contributed by atoms with E-state index in [-0.39, 0.29) is 28.1 Å². The molecule has 2 N–H and O–H groups in total. The van der Waals surface area contributed by atoms with Gasteiger partial charge in [0.05, 0.1) is 13.0 Å². The number of carboxylic acids is 1. The molecule has 1 rings (SSSR count). The molecule has 0 aliphatic carbocycles. The lowest BCUT2D eigenvalue weighted by Gasteiger charge is -2.16. The number of hydrogen-bond acceptors (Lipinski definition) is 4. The molecule has 0 fully saturated rings. The minimum Gasteiger partial charge on any atom is -0.495 e. The summed E-state index contributed by atoms with van der Waals surface area (Å²) in [5.74, 6) is -1.53. The van der Waals surface area contributed by atoms with Gasteiger partial charge in [-0.15, -0.1) is 0 Å². The van der Waals surface area contributed by atoms with E-state index in [4.69, 9.17) is 21.4 Å². The number of rotatable bonds is 8. The van der Waals surface area contributed by atoms with Crippen molar-refractivity contribution in [2.24, 2.45) is 11.8 Å². The number of carbonyl (C=O) groups is 1. The van der Waals surface area contributed by atoms with Crippen LogP contribution in [-0.2, 0) is 14.8 Å². The molecule has 0 bridgehead atoms. The van der Waals surface area contributed by atoms with Crippen molar-refractivity contribution in [1.29, 1.82) is 0 Å². The van der Waals surface area contributed by atoms with E-state index in [1.165, 1.54) is 25.3 Å². The second kappa shape index (κ2) is 7.80. The van der Waals surface area contributed by atoms with Crippen molar-refractivity contribution in [3.8, 4) is 5.75 Å². The molecule has 1 aromatic carbocycles. The van der Waals surface area contributed by atoms with Crippen LogP contribution in [0.25, 0.3) is 0 Å². The van der Waals surface area contributed by atoms with E-state index in [1.54, 1.807) is 0 Å². The maximum absolute atomic E-state index is 12.3. The smallest absolute Gasteiger partial charge is 0.307 e. The molecule has 124 valence electrons. The number of sulfonamides is 1. The van der Waals surface area contributed by atoms with Crippen LogP contribution in [0.3, 0.4) is 0 Å². The van der Waals surface area contributed by atoms with E-state index in [0.29, 0.717) is 6.42 Å². The molecule has 0 amide bonds. The standard InChI is InChI=1S/C14H20ClNO5S/c1-9(2)6-10(14(17)18)8-16-22(19,20)13-7-11(15)4-5-12(13)21-3/h4-5,7,9-10,16H,6,8H2,1-3H3,(H,17,18). The number of halogens is 1. The maximum Gasteiger partial charge on any atom is 0.307 e. The monoisotopic (exact) mass is 349 g/mol. The average Bonchev–Trinajstić information content (AvgIpc) is 2.42. The molecule has 1 unspecified atom stereocenters. The number of carboxylic acid groups (broad SMARTS) is 1. The van der Waals surface area contributed by atoms with Gasteiger partial charge in [0.1, 0.15) is 10.6 Å². The summed E-state index contributed by atoms with van der Waals surface area (Å²) in [6, 6.07) is 4.22. The largest absolute Gasteiger partial charge is 0.495 e. The van der Waals surface area contributed by atoms with E-state index in [9.17, 15) is 13.2 Å². The highest BCUT2D eigenvalue weighted by Gasteiger charge is 2.25. The zero-order valence-corrected chi connectivity index (χ0v) is 14.2. The summed E-state index contributed by atoms with van der Waals surface area (Å²) in [6.07, 6.45) is 0.379. The Morgan fingerprint density at radius 2 is 2.05 bits per heavy atom. The Balaban J connectivity index is 2.96. The van der Waals surface area contributed by atoms with Gasteiger partial charge in [-0.1, -0.05) is 25.4 Å². The lowest BCUT2D eigenvalue weighted by molar-refractivity contribution is -0.142. The normalized spacial score (nSPS) is 13.1. The first-order valence-electron chi connectivity index (χ1n) is 6.73. The number of ether oxygens (including phenoxy) is 1. The lowest BCUT2D eigenvalue weighted by Crippen LogP contribution is -2.33. The molecule has 0 saturated carbocycles. The highest BCUT2D eigenvalue weighted by atomic mass is 35.5. The van der Waals surface area contributed by atoms with Crippen molar-refractivity contribution in [2.75, 3.05) is 13.7 Å². The minimum absolute atomic E-state index is 0.115. The molecule has 0 spiro atoms. The summed E-state index contributed by atoms with van der Waals surface area (Å²) in [6.45, 7) is 3.57. The van der Waals surface area contributed by atoms with Crippen LogP contribution in [-0.4, -0.2) is 33.1 Å². The quantitative estimate of drug-likeness (QED) is 0.751. The van der Waals surface area contributed by atoms with Crippen molar-refractivity contribution in [3.05, 3.63) is 23.2 Å². The molecule has 22 heavy (non-hydrogen) atoms. The first-order valence-corrected chi connectivity index (χ1v) is 8.59. The fourth-order valence-electron chi connectivity index (χ4n) is 1.99. The highest BCUT2D eigenvalue weighted by molar-refractivity contribution is 7.89. The fraction of sp³-hybridized carbons (Fsp3) is 0.500. The first kappa shape index (κ1) is 18.7. The number of methoxy groups -OCH3 is 1. The van der Waals surface area contributed by atoms with E-state index < -0.39 is 21.9 Å². The molecule has 0 aliphatic rings. The topological polar surface area (TPSA) is 92.7 Å². The molecule has 0 aliphatic heterocycles. The van der Waals surface area contributed by atoms with Crippen LogP contribution < -0.4 is 9.46 Å². The molecule has 0 saturated heterocycles. The molecule has 6 nitrogen and oxygen atoms in total. The van der Waals surface area contributed by atoms with Crippen LogP contribution in [0.15, 0.2) is 23.1 Å². The highest BCUT2D eigenvalue weighted by Crippen LogP contribution is 2.27. The third-order valence-electron chi connectivity index (χ3n) is 3.04. The lowest BCUT2D eigenvalue weighted by atomic mass is 9.98. The fourth-order valence-corrected chi connectivity index (χ4v) is 3.50. The predicted molar refractivity (Wildman–Crippen MR) is 83.8 cm³/mol. The zero-order valence-electron chi connectivity index (χ0n) is 12.7. The molecular formula is C14H20ClNO5S. The Hall–Kier alpha value is -1.31. The Bertz CT molecular complexity index is 630. The van der Waals surface area contributed by atoms with Gasteiger partial charge in [-0.2, -0.15) is 0 Å². The summed E-state index contributed by atoms with van der Waals surface area (Å²) >= 11 is 5.82. The van der Waals surface area contributed by atoms with Crippen LogP contribution in [0, 0.1) is 11.8 Å². The summed E-state index contributed by atoms with van der Waals surface area (Å²) in [7, 11) is -2.56. The first-order chi connectivity index (χ1) is 10.2. The van der Waals surface area contributed by atoms with Gasteiger partial charge in [0.25, 0.3) is 0 Å². The second-order valence-corrected chi connectivity index (χ2v) is 7.48. The summed E-state index contributed by atoms with van der Waals surface area (Å²) in [5.41, 5.74) is 0. The van der Waals surface area contributed by atoms with Crippen LogP contribution in [0.5, 0.6) is 5.75 Å². The summed E-state index contributed by atoms with van der Waals surface area (Å²) in [4.78, 5) is 11.1. The van der Waals surface area contributed by atoms with Gasteiger partial charge < -0.3 is 9.84 Å². The van der Waals surface area contributed by atoms with Crippen LogP contribution in [0.4, 0.5) is 0 Å². The van der Waals surface area contributed by atoms with Crippen molar-refractivity contribution >= 4 is 27.6 Å². The van der Waals surface area contributed by atoms with Gasteiger partial charge in [-0.25, -0.2) is 13.1 Å². The summed E-state index contributed by atoms with van der Waals surface area (Å²) < 4.78 is 32.0. The maximum atomic E-state index is 12.3. The van der Waals surface area contributed by atoms with Crippen molar-refractivity contribution in [3.63, 3.8) is 0 Å². The summed E-state index contributed by atoms with van der Waals surface area (Å²) in [5, 5.41) is 9.40. The second-order valence-electron chi connectivity index (χ2n) is 5.31.